The average Bonchev–Trinajstić information content (AvgIpc) is 3.38. The lowest BCUT2D eigenvalue weighted by atomic mass is 9.99. The number of methoxy groups -OCH3 is 1. The molecule has 1 amide bonds. The molecule has 1 aliphatic carbocycles. The van der Waals surface area contributed by atoms with Crippen LogP contribution < -0.4 is 10.1 Å². The number of halogens is 1. The number of nitrogens with one attached hydrogen (secondary N) is 1. The zero-order valence-electron chi connectivity index (χ0n) is 13.5. The first kappa shape index (κ1) is 17.5. The molecule has 1 saturated heterocycles. The van der Waals surface area contributed by atoms with Gasteiger partial charge in [-0.3, -0.25) is 4.79 Å². The molecule has 0 radical (unpaired) electrons. The number of rotatable bonds is 5. The predicted octanol–water partition coefficient (Wildman–Crippen LogP) is 2.03. The molecule has 1 aliphatic heterocycles. The standard InChI is InChI=1S/C16H21ClN2O4S/c1-23-15-7-6-13(9-14(15)17)24(21,22)19-8-2-3-11(10-19)16(20)18-12-4-5-12/h6-7,9,11-12H,2-5,8,10H2,1H3,(H,18,20)/t11-/m0/s1. The van der Waals surface area contributed by atoms with Gasteiger partial charge in [-0.2, -0.15) is 4.31 Å². The molecule has 3 rings (SSSR count). The molecule has 0 aromatic heterocycles. The van der Waals surface area contributed by atoms with Gasteiger partial charge < -0.3 is 10.1 Å². The molecule has 2 aliphatic rings. The number of sulfonamides is 1. The fourth-order valence-electron chi connectivity index (χ4n) is 2.88. The van der Waals surface area contributed by atoms with Crippen molar-refractivity contribution in [1.82, 2.24) is 9.62 Å². The van der Waals surface area contributed by atoms with Crippen LogP contribution in [0.5, 0.6) is 5.75 Å². The van der Waals surface area contributed by atoms with Crippen molar-refractivity contribution in [3.05, 3.63) is 23.2 Å². The van der Waals surface area contributed by atoms with E-state index in [2.05, 4.69) is 5.32 Å². The van der Waals surface area contributed by atoms with Crippen molar-refractivity contribution in [3.63, 3.8) is 0 Å². The van der Waals surface area contributed by atoms with E-state index in [1.165, 1.54) is 29.6 Å². The quantitative estimate of drug-likeness (QED) is 0.858. The molecule has 1 aromatic carbocycles. The smallest absolute Gasteiger partial charge is 0.243 e. The molecule has 0 spiro atoms. The third kappa shape index (κ3) is 3.68. The number of nitrogens with zero attached hydrogens (tertiary/aromatic N) is 1. The molecule has 1 atom stereocenters. The van der Waals surface area contributed by atoms with Gasteiger partial charge in [-0.15, -0.1) is 0 Å². The van der Waals surface area contributed by atoms with Crippen LogP contribution in [0.4, 0.5) is 0 Å². The van der Waals surface area contributed by atoms with E-state index in [0.717, 1.165) is 12.8 Å². The second-order valence-electron chi connectivity index (χ2n) is 6.28. The zero-order valence-corrected chi connectivity index (χ0v) is 15.1. The summed E-state index contributed by atoms with van der Waals surface area (Å²) in [6.07, 6.45) is 3.43. The Morgan fingerprint density at radius 1 is 1.33 bits per heavy atom. The predicted molar refractivity (Wildman–Crippen MR) is 90.7 cm³/mol. The van der Waals surface area contributed by atoms with Crippen LogP contribution in [0.1, 0.15) is 25.7 Å². The number of ether oxygens (including phenoxy) is 1. The fourth-order valence-corrected chi connectivity index (χ4v) is 4.75. The highest BCUT2D eigenvalue weighted by Gasteiger charge is 2.35. The lowest BCUT2D eigenvalue weighted by Crippen LogP contribution is -2.45. The second-order valence-corrected chi connectivity index (χ2v) is 8.63. The number of carbonyl (C=O) groups excluding carboxylic acids is 1. The summed E-state index contributed by atoms with van der Waals surface area (Å²) < 4.78 is 32.1. The molecular formula is C16H21ClN2O4S. The summed E-state index contributed by atoms with van der Waals surface area (Å²) in [7, 11) is -2.20. The Bertz CT molecular complexity index is 734. The third-order valence-corrected chi connectivity index (χ3v) is 6.60. The molecule has 1 aromatic rings. The van der Waals surface area contributed by atoms with Gasteiger partial charge in [0.25, 0.3) is 0 Å². The average molecular weight is 373 g/mol. The highest BCUT2D eigenvalue weighted by atomic mass is 35.5. The van der Waals surface area contributed by atoms with Crippen LogP contribution in [0.2, 0.25) is 5.02 Å². The first-order valence-corrected chi connectivity index (χ1v) is 9.87. The van der Waals surface area contributed by atoms with E-state index in [1.54, 1.807) is 0 Å². The first-order valence-electron chi connectivity index (χ1n) is 8.06. The summed E-state index contributed by atoms with van der Waals surface area (Å²) >= 11 is 6.05. The molecule has 0 bridgehead atoms. The molecule has 1 heterocycles. The molecule has 24 heavy (non-hydrogen) atoms. The molecule has 8 heteroatoms. The van der Waals surface area contributed by atoms with Crippen LogP contribution in [0.25, 0.3) is 0 Å². The zero-order chi connectivity index (χ0) is 17.3. The van der Waals surface area contributed by atoms with Crippen molar-refractivity contribution in [1.29, 1.82) is 0 Å². The van der Waals surface area contributed by atoms with Gasteiger partial charge in [0.1, 0.15) is 5.75 Å². The van der Waals surface area contributed by atoms with E-state index in [1.807, 2.05) is 0 Å². The summed E-state index contributed by atoms with van der Waals surface area (Å²) in [5.41, 5.74) is 0. The Morgan fingerprint density at radius 3 is 2.71 bits per heavy atom. The van der Waals surface area contributed by atoms with Crippen molar-refractivity contribution in [2.24, 2.45) is 5.92 Å². The summed E-state index contributed by atoms with van der Waals surface area (Å²) in [5.74, 6) is 0.101. The van der Waals surface area contributed by atoms with E-state index in [0.29, 0.717) is 25.1 Å². The number of hydrogen-bond acceptors (Lipinski definition) is 4. The van der Waals surface area contributed by atoms with Gasteiger partial charge in [0.15, 0.2) is 0 Å². The summed E-state index contributed by atoms with van der Waals surface area (Å²) in [6, 6.07) is 4.69. The van der Waals surface area contributed by atoms with Crippen LogP contribution in [0.3, 0.4) is 0 Å². The lowest BCUT2D eigenvalue weighted by Gasteiger charge is -2.31. The second kappa shape index (κ2) is 6.90. The third-order valence-electron chi connectivity index (χ3n) is 4.44. The van der Waals surface area contributed by atoms with Crippen LogP contribution in [0, 0.1) is 5.92 Å². The normalized spacial score (nSPS) is 22.2. The molecule has 6 nitrogen and oxygen atoms in total. The molecule has 0 unspecified atom stereocenters. The SMILES string of the molecule is COc1ccc(S(=O)(=O)N2CCC[C@H](C(=O)NC3CC3)C2)cc1Cl. The Balaban J connectivity index is 1.75. The number of hydrogen-bond donors (Lipinski definition) is 1. The Hall–Kier alpha value is -1.31. The monoisotopic (exact) mass is 372 g/mol. The minimum Gasteiger partial charge on any atom is -0.495 e. The van der Waals surface area contributed by atoms with Crippen molar-refractivity contribution in [2.45, 2.75) is 36.6 Å². The van der Waals surface area contributed by atoms with Gasteiger partial charge >= 0.3 is 0 Å². The summed E-state index contributed by atoms with van der Waals surface area (Å²) in [4.78, 5) is 12.3. The van der Waals surface area contributed by atoms with Crippen LogP contribution in [-0.2, 0) is 14.8 Å². The van der Waals surface area contributed by atoms with Crippen molar-refractivity contribution < 1.29 is 17.9 Å². The Kier molecular flexibility index (Phi) is 5.03. The van der Waals surface area contributed by atoms with Crippen LogP contribution >= 0.6 is 11.6 Å². The highest BCUT2D eigenvalue weighted by molar-refractivity contribution is 7.89. The van der Waals surface area contributed by atoms with E-state index < -0.39 is 10.0 Å². The van der Waals surface area contributed by atoms with Gasteiger partial charge in [-0.1, -0.05) is 11.6 Å². The summed E-state index contributed by atoms with van der Waals surface area (Å²) in [5, 5.41) is 3.21. The van der Waals surface area contributed by atoms with Crippen molar-refractivity contribution >= 4 is 27.5 Å². The largest absolute Gasteiger partial charge is 0.495 e. The van der Waals surface area contributed by atoms with Crippen molar-refractivity contribution in [3.8, 4) is 5.75 Å². The Morgan fingerprint density at radius 2 is 2.08 bits per heavy atom. The molecule has 1 saturated carbocycles. The van der Waals surface area contributed by atoms with Crippen LogP contribution in [0.15, 0.2) is 23.1 Å². The first-order chi connectivity index (χ1) is 11.4. The van der Waals surface area contributed by atoms with E-state index in [4.69, 9.17) is 16.3 Å². The highest BCUT2D eigenvalue weighted by Crippen LogP contribution is 2.30. The number of benzene rings is 1. The maximum Gasteiger partial charge on any atom is 0.243 e. The van der Waals surface area contributed by atoms with Gasteiger partial charge in [0, 0.05) is 19.1 Å². The minimum atomic E-state index is -3.68. The van der Waals surface area contributed by atoms with Gasteiger partial charge in [0.2, 0.25) is 15.9 Å². The number of piperidine rings is 1. The van der Waals surface area contributed by atoms with E-state index in [9.17, 15) is 13.2 Å². The van der Waals surface area contributed by atoms with Gasteiger partial charge in [0.05, 0.1) is 22.9 Å². The van der Waals surface area contributed by atoms with Gasteiger partial charge in [-0.05, 0) is 43.9 Å². The molecule has 132 valence electrons. The maximum absolute atomic E-state index is 12.8. The van der Waals surface area contributed by atoms with E-state index in [-0.39, 0.29) is 34.3 Å². The Labute approximate surface area is 147 Å². The van der Waals surface area contributed by atoms with Crippen LogP contribution in [-0.4, -0.2) is 44.9 Å². The number of amides is 1. The van der Waals surface area contributed by atoms with E-state index >= 15 is 0 Å². The minimum absolute atomic E-state index is 0.0369. The molecule has 2 fully saturated rings. The fraction of sp³-hybridized carbons (Fsp3) is 0.562. The lowest BCUT2D eigenvalue weighted by molar-refractivity contribution is -0.126. The van der Waals surface area contributed by atoms with Crippen molar-refractivity contribution in [2.75, 3.05) is 20.2 Å². The maximum atomic E-state index is 12.8. The molecule has 1 N–H and O–H groups in total. The number of carbonyl (C=O) groups is 1. The molecular weight excluding hydrogens is 352 g/mol. The van der Waals surface area contributed by atoms with Gasteiger partial charge in [-0.25, -0.2) is 8.42 Å². The summed E-state index contributed by atoms with van der Waals surface area (Å²) in [6.45, 7) is 0.629. The topological polar surface area (TPSA) is 75.7 Å².